The highest BCUT2D eigenvalue weighted by molar-refractivity contribution is 9.11. The molecule has 0 unspecified atom stereocenters. The van der Waals surface area contributed by atoms with Crippen LogP contribution in [0, 0.1) is 0 Å². The Kier molecular flexibility index (Phi) is 0.600. The van der Waals surface area contributed by atoms with E-state index in [1.807, 2.05) is 0 Å². The van der Waals surface area contributed by atoms with Gasteiger partial charge in [0.05, 0.1) is 15.0 Å². The van der Waals surface area contributed by atoms with Crippen LogP contribution < -0.4 is 0 Å². The highest BCUT2D eigenvalue weighted by Crippen LogP contribution is 2.42. The van der Waals surface area contributed by atoms with Crippen molar-refractivity contribution in [2.24, 2.45) is 0 Å². The van der Waals surface area contributed by atoms with Gasteiger partial charge in [-0.2, -0.15) is 0 Å². The Bertz CT molecular complexity index is 375. The van der Waals surface area contributed by atoms with Gasteiger partial charge < -0.3 is 0 Å². The lowest BCUT2D eigenvalue weighted by Gasteiger charge is -1.81. The van der Waals surface area contributed by atoms with Crippen LogP contribution in [0.4, 0.5) is 0 Å². The quantitative estimate of drug-likeness (QED) is 0.692. The van der Waals surface area contributed by atoms with Gasteiger partial charge in [0.15, 0.2) is 0 Å². The number of thiazole rings is 1. The topological polar surface area (TPSA) is 12.9 Å². The van der Waals surface area contributed by atoms with Crippen LogP contribution in [0.5, 0.6) is 0 Å². The number of rotatable bonds is 1. The lowest BCUT2D eigenvalue weighted by molar-refractivity contribution is 1.08. The van der Waals surface area contributed by atoms with Crippen molar-refractivity contribution in [2.75, 3.05) is 0 Å². The number of hydrogen-bond acceptors (Lipinski definition) is 2. The summed E-state index contributed by atoms with van der Waals surface area (Å²) in [6.45, 7) is 0. The molecule has 1 aromatic heterocycles. The maximum Gasteiger partial charge on any atom is 0.0967 e. The third kappa shape index (κ3) is 1.17. The first-order valence-corrected chi connectivity index (χ1v) is 3.98. The van der Waals surface area contributed by atoms with Crippen molar-refractivity contribution in [3.8, 4) is 0 Å². The van der Waals surface area contributed by atoms with Crippen molar-refractivity contribution in [3.63, 3.8) is 0 Å². The van der Waals surface area contributed by atoms with Gasteiger partial charge in [-0.15, -0.1) is 11.3 Å². The molecule has 1 aromatic rings. The first-order valence-electron chi connectivity index (χ1n) is 4.87. The molecule has 0 amide bonds. The van der Waals surface area contributed by atoms with E-state index >= 15 is 0 Å². The lowest BCUT2D eigenvalue weighted by Crippen LogP contribution is -1.70. The van der Waals surface area contributed by atoms with Crippen molar-refractivity contribution in [3.05, 3.63) is 15.0 Å². The van der Waals surface area contributed by atoms with E-state index in [2.05, 4.69) is 20.9 Å². The average Bonchev–Trinajstić information content (AvgIpc) is 2.43. The minimum Gasteiger partial charge on any atom is -0.248 e. The summed E-state index contributed by atoms with van der Waals surface area (Å²) in [5, 5.41) is 0.180. The fraction of sp³-hybridized carbons (Fsp3) is 0.500. The highest BCUT2D eigenvalue weighted by Gasteiger charge is 2.26. The first-order chi connectivity index (χ1) is 6.25. The molecule has 1 saturated carbocycles. The molecule has 0 saturated heterocycles. The molecule has 0 aromatic carbocycles. The van der Waals surface area contributed by atoms with Crippen LogP contribution in [0.1, 0.15) is 30.5 Å². The summed E-state index contributed by atoms with van der Waals surface area (Å²) in [5.74, 6) is -1.85. The van der Waals surface area contributed by atoms with Crippen molar-refractivity contribution in [1.82, 2.24) is 4.98 Å². The van der Waals surface area contributed by atoms with Crippen molar-refractivity contribution >= 4 is 27.3 Å². The van der Waals surface area contributed by atoms with Crippen LogP contribution in [0.2, 0.25) is 0 Å². The Labute approximate surface area is 73.3 Å². The monoisotopic (exact) mass is 208 g/mol. The molecule has 2 rings (SSSR count). The molecule has 0 aliphatic heterocycles. The Balaban J connectivity index is 2.47. The van der Waals surface area contributed by atoms with E-state index in [0.717, 1.165) is 11.3 Å². The predicted molar refractivity (Wildman–Crippen MR) is 41.8 cm³/mol. The number of halogens is 1. The molecular weight excluding hydrogens is 198 g/mol. The Hall–Kier alpha value is 0.110. The number of hydrogen-bond donors (Lipinski definition) is 0. The zero-order chi connectivity index (χ0) is 10.8. The van der Waals surface area contributed by atoms with E-state index in [9.17, 15) is 0 Å². The average molecular weight is 209 g/mol. The maximum atomic E-state index is 7.78. The summed E-state index contributed by atoms with van der Waals surface area (Å²) in [4.78, 5) is 3.84. The second-order valence-corrected chi connectivity index (χ2v) is 4.00. The molecule has 0 radical (unpaired) electrons. The second-order valence-electron chi connectivity index (χ2n) is 1.59. The standard InChI is InChI=1S/C6H6BrNS/c7-5-3-8-6(9-5)4-1-2-4/h3-4H,1-2H2/i1D2,2D2,4D. The Morgan fingerprint density at radius 1 is 2.00 bits per heavy atom. The Morgan fingerprint density at radius 3 is 3.22 bits per heavy atom. The van der Waals surface area contributed by atoms with Crippen LogP contribution in [0.3, 0.4) is 0 Å². The molecule has 1 heterocycles. The van der Waals surface area contributed by atoms with E-state index in [4.69, 9.17) is 6.85 Å². The summed E-state index contributed by atoms with van der Waals surface area (Å²) >= 11 is 4.26. The smallest absolute Gasteiger partial charge is 0.0967 e. The van der Waals surface area contributed by atoms with Crippen LogP contribution in [-0.2, 0) is 0 Å². The van der Waals surface area contributed by atoms with Gasteiger partial charge in [0.2, 0.25) is 0 Å². The van der Waals surface area contributed by atoms with Crippen molar-refractivity contribution < 1.29 is 6.85 Å². The van der Waals surface area contributed by atoms with Gasteiger partial charge in [0.1, 0.15) is 0 Å². The molecule has 0 spiro atoms. The summed E-state index contributed by atoms with van der Waals surface area (Å²) in [6.07, 6.45) is -2.85. The molecular formula is C6H6BrNS. The molecule has 0 atom stereocenters. The van der Waals surface area contributed by atoms with E-state index in [0.29, 0.717) is 3.79 Å². The van der Waals surface area contributed by atoms with Crippen LogP contribution in [0.25, 0.3) is 0 Å². The minimum absolute atomic E-state index is 0.180. The van der Waals surface area contributed by atoms with Gasteiger partial charge in [-0.3, -0.25) is 0 Å². The van der Waals surface area contributed by atoms with Gasteiger partial charge in [0, 0.05) is 12.7 Å². The van der Waals surface area contributed by atoms with Gasteiger partial charge in [-0.1, -0.05) is 0 Å². The first kappa shape index (κ1) is 2.62. The number of nitrogens with zero attached hydrogens (tertiary/aromatic N) is 1. The van der Waals surface area contributed by atoms with Crippen LogP contribution >= 0.6 is 27.3 Å². The van der Waals surface area contributed by atoms with Crippen molar-refractivity contribution in [1.29, 1.82) is 0 Å². The van der Waals surface area contributed by atoms with E-state index in [1.165, 1.54) is 6.20 Å². The molecule has 1 aliphatic rings. The molecule has 48 valence electrons. The maximum absolute atomic E-state index is 7.78. The van der Waals surface area contributed by atoms with Crippen molar-refractivity contribution in [2.45, 2.75) is 18.6 Å². The summed E-state index contributed by atoms with van der Waals surface area (Å²) < 4.78 is 38.1. The normalized spacial score (nSPS) is 41.2. The minimum atomic E-state index is -2.16. The molecule has 0 N–H and O–H groups in total. The zero-order valence-corrected chi connectivity index (χ0v) is 6.71. The van der Waals surface area contributed by atoms with Crippen LogP contribution in [-0.4, -0.2) is 4.98 Å². The van der Waals surface area contributed by atoms with Gasteiger partial charge in [-0.05, 0) is 28.7 Å². The summed E-state index contributed by atoms with van der Waals surface area (Å²) in [5.41, 5.74) is 0. The molecule has 1 nitrogen and oxygen atoms in total. The molecule has 9 heavy (non-hydrogen) atoms. The second kappa shape index (κ2) is 2.06. The fourth-order valence-electron chi connectivity index (χ4n) is 0.508. The predicted octanol–water partition coefficient (Wildman–Crippen LogP) is 2.78. The van der Waals surface area contributed by atoms with Gasteiger partial charge in [0.25, 0.3) is 0 Å². The fourth-order valence-corrected chi connectivity index (χ4v) is 1.67. The third-order valence-electron chi connectivity index (χ3n) is 0.941. The summed E-state index contributed by atoms with van der Waals surface area (Å²) in [7, 11) is 0. The third-order valence-corrected chi connectivity index (χ3v) is 2.44. The molecule has 1 fully saturated rings. The van der Waals surface area contributed by atoms with Gasteiger partial charge in [-0.25, -0.2) is 4.98 Å². The number of aromatic nitrogens is 1. The lowest BCUT2D eigenvalue weighted by atomic mass is 10.5. The molecule has 0 bridgehead atoms. The van der Waals surface area contributed by atoms with Crippen LogP contribution in [0.15, 0.2) is 9.98 Å². The summed E-state index contributed by atoms with van der Waals surface area (Å²) in [6, 6.07) is 0. The van der Waals surface area contributed by atoms with E-state index < -0.39 is 18.6 Å². The van der Waals surface area contributed by atoms with E-state index in [-0.39, 0.29) is 5.01 Å². The van der Waals surface area contributed by atoms with E-state index in [1.54, 1.807) is 0 Å². The SMILES string of the molecule is [2H]C1([2H])C([2H])([2H])C1([2H])c1ncc(Br)s1. The van der Waals surface area contributed by atoms with Gasteiger partial charge >= 0.3 is 0 Å². The zero-order valence-electron chi connectivity index (χ0n) is 9.31. The largest absolute Gasteiger partial charge is 0.248 e. The highest BCUT2D eigenvalue weighted by atomic mass is 79.9. The molecule has 3 heteroatoms. The Morgan fingerprint density at radius 2 is 2.78 bits per heavy atom. The molecule has 1 aliphatic carbocycles.